The van der Waals surface area contributed by atoms with Crippen LogP contribution in [0.15, 0.2) is 65.7 Å². The first-order valence-electron chi connectivity index (χ1n) is 10.6. The van der Waals surface area contributed by atoms with Gasteiger partial charge in [-0.25, -0.2) is 0 Å². The van der Waals surface area contributed by atoms with E-state index in [9.17, 15) is 14.7 Å². The van der Waals surface area contributed by atoms with Crippen LogP contribution in [-0.2, 0) is 12.8 Å². The van der Waals surface area contributed by atoms with E-state index < -0.39 is 11.2 Å². The van der Waals surface area contributed by atoms with Crippen molar-refractivity contribution >= 4 is 5.91 Å². The van der Waals surface area contributed by atoms with E-state index in [0.717, 1.165) is 37.8 Å². The second-order valence-corrected chi connectivity index (χ2v) is 7.71. The molecule has 0 aliphatic carbocycles. The smallest absolute Gasteiger partial charge is 0.277 e. The van der Waals surface area contributed by atoms with E-state index in [0.29, 0.717) is 13.2 Å². The fourth-order valence-electron chi connectivity index (χ4n) is 3.87. The molecule has 0 spiro atoms. The summed E-state index contributed by atoms with van der Waals surface area (Å²) in [6.07, 6.45) is 7.86. The highest BCUT2D eigenvalue weighted by atomic mass is 16.3. The number of nitrogens with zero attached hydrogens (tertiary/aromatic N) is 3. The molecule has 0 fully saturated rings. The van der Waals surface area contributed by atoms with Gasteiger partial charge in [0, 0.05) is 30.7 Å². The predicted molar refractivity (Wildman–Crippen MR) is 119 cm³/mol. The van der Waals surface area contributed by atoms with Crippen LogP contribution in [0.2, 0.25) is 0 Å². The molecule has 1 aromatic carbocycles. The number of unbranched alkanes of at least 4 members (excludes halogenated alkanes) is 2. The molecular weight excluding hydrogens is 392 g/mol. The lowest BCUT2D eigenvalue weighted by Crippen LogP contribution is -2.46. The Labute approximate surface area is 181 Å². The standard InChI is InChI=1S/C24H26N4O3/c29-21-12-15-28-22(23(21)30)24(31)27(17-26-28)14-6-2-5-11-20-19(10-7-13-25-20)16-18-8-3-1-4-9-18/h1,3-4,7-10,12-13,15,26,30H,2,5-6,11,14,16-17H2. The van der Waals surface area contributed by atoms with Crippen molar-refractivity contribution in [2.75, 3.05) is 18.6 Å². The molecule has 3 aromatic rings. The first kappa shape index (κ1) is 20.7. The van der Waals surface area contributed by atoms with Crippen LogP contribution >= 0.6 is 0 Å². The quantitative estimate of drug-likeness (QED) is 0.549. The average molecular weight is 418 g/mol. The lowest BCUT2D eigenvalue weighted by atomic mass is 10.0. The zero-order valence-corrected chi connectivity index (χ0v) is 17.3. The number of fused-ring (bicyclic) bond motifs is 1. The van der Waals surface area contributed by atoms with Crippen LogP contribution in [0.3, 0.4) is 0 Å². The van der Waals surface area contributed by atoms with Crippen LogP contribution in [0.1, 0.15) is 46.6 Å². The number of hydrogen-bond acceptors (Lipinski definition) is 5. The summed E-state index contributed by atoms with van der Waals surface area (Å²) in [7, 11) is 0. The number of aromatic hydroxyl groups is 1. The number of carbonyl (C=O) groups is 1. The first-order valence-corrected chi connectivity index (χ1v) is 10.6. The molecule has 1 aliphatic rings. The molecule has 31 heavy (non-hydrogen) atoms. The molecule has 0 atom stereocenters. The molecule has 7 heteroatoms. The first-order chi connectivity index (χ1) is 15.1. The van der Waals surface area contributed by atoms with E-state index in [1.165, 1.54) is 28.1 Å². The Morgan fingerprint density at radius 2 is 1.84 bits per heavy atom. The Hall–Kier alpha value is -3.61. The summed E-state index contributed by atoms with van der Waals surface area (Å²) in [6.45, 7) is 0.906. The van der Waals surface area contributed by atoms with Crippen LogP contribution in [0.5, 0.6) is 5.75 Å². The van der Waals surface area contributed by atoms with Crippen LogP contribution in [-0.4, -0.2) is 38.8 Å². The Kier molecular flexibility index (Phi) is 6.31. The molecule has 7 nitrogen and oxygen atoms in total. The molecular formula is C24H26N4O3. The van der Waals surface area contributed by atoms with Gasteiger partial charge in [0.1, 0.15) is 6.67 Å². The van der Waals surface area contributed by atoms with Gasteiger partial charge in [-0.15, -0.1) is 0 Å². The van der Waals surface area contributed by atoms with Crippen molar-refractivity contribution in [3.8, 4) is 5.75 Å². The summed E-state index contributed by atoms with van der Waals surface area (Å²) >= 11 is 0. The van der Waals surface area contributed by atoms with E-state index in [4.69, 9.17) is 0 Å². The molecule has 4 rings (SSSR count). The Morgan fingerprint density at radius 3 is 2.68 bits per heavy atom. The minimum atomic E-state index is -0.551. The summed E-state index contributed by atoms with van der Waals surface area (Å²) in [5.74, 6) is -0.838. The Balaban J connectivity index is 1.28. The van der Waals surface area contributed by atoms with Gasteiger partial charge in [-0.2, -0.15) is 0 Å². The number of pyridine rings is 2. The number of carbonyl (C=O) groups excluding carboxylic acids is 1. The van der Waals surface area contributed by atoms with E-state index in [-0.39, 0.29) is 11.6 Å². The van der Waals surface area contributed by atoms with E-state index in [2.05, 4.69) is 40.7 Å². The maximum Gasteiger partial charge on any atom is 0.277 e. The number of hydrogen-bond donors (Lipinski definition) is 2. The zero-order valence-electron chi connectivity index (χ0n) is 17.3. The summed E-state index contributed by atoms with van der Waals surface area (Å²) in [5, 5.41) is 9.97. The molecule has 0 saturated carbocycles. The highest BCUT2D eigenvalue weighted by Crippen LogP contribution is 2.18. The highest BCUT2D eigenvalue weighted by Gasteiger charge is 2.27. The number of amides is 1. The summed E-state index contributed by atoms with van der Waals surface area (Å²) in [5.41, 5.74) is 6.12. The monoisotopic (exact) mass is 418 g/mol. The maximum atomic E-state index is 12.6. The second kappa shape index (κ2) is 9.47. The van der Waals surface area contributed by atoms with Crippen LogP contribution in [0.25, 0.3) is 0 Å². The summed E-state index contributed by atoms with van der Waals surface area (Å²) in [6, 6.07) is 15.7. The average Bonchev–Trinajstić information content (AvgIpc) is 2.79. The van der Waals surface area contributed by atoms with Gasteiger partial charge in [0.05, 0.1) is 0 Å². The third-order valence-corrected chi connectivity index (χ3v) is 5.56. The second-order valence-electron chi connectivity index (χ2n) is 7.71. The minimum Gasteiger partial charge on any atom is -0.502 e. The molecule has 0 unspecified atom stereocenters. The largest absolute Gasteiger partial charge is 0.502 e. The van der Waals surface area contributed by atoms with Crippen LogP contribution in [0, 0.1) is 0 Å². The predicted octanol–water partition coefficient (Wildman–Crippen LogP) is 2.91. The third kappa shape index (κ3) is 4.77. The molecule has 0 radical (unpaired) electrons. The number of aromatic nitrogens is 2. The molecule has 0 bridgehead atoms. The summed E-state index contributed by atoms with van der Waals surface area (Å²) < 4.78 is 1.41. The fraction of sp³-hybridized carbons (Fsp3) is 0.292. The Morgan fingerprint density at radius 1 is 1.00 bits per heavy atom. The minimum absolute atomic E-state index is 0.00205. The van der Waals surface area contributed by atoms with Gasteiger partial charge >= 0.3 is 0 Å². The van der Waals surface area contributed by atoms with Crippen molar-refractivity contribution in [3.05, 3.63) is 93.7 Å². The van der Waals surface area contributed by atoms with E-state index >= 15 is 0 Å². The lowest BCUT2D eigenvalue weighted by molar-refractivity contribution is 0.0719. The van der Waals surface area contributed by atoms with Gasteiger partial charge in [-0.1, -0.05) is 42.8 Å². The molecule has 3 heterocycles. The van der Waals surface area contributed by atoms with Gasteiger partial charge < -0.3 is 15.4 Å². The zero-order chi connectivity index (χ0) is 21.6. The summed E-state index contributed by atoms with van der Waals surface area (Å²) in [4.78, 5) is 30.5. The molecule has 1 aliphatic heterocycles. The van der Waals surface area contributed by atoms with Crippen molar-refractivity contribution in [3.63, 3.8) is 0 Å². The molecule has 0 saturated heterocycles. The SMILES string of the molecule is O=C1c2c(O)c(=O)ccn2NCN1CCCCCc1ncccc1Cc1ccccc1. The lowest BCUT2D eigenvalue weighted by Gasteiger charge is -2.31. The highest BCUT2D eigenvalue weighted by molar-refractivity contribution is 5.96. The number of nitrogens with one attached hydrogen (secondary N) is 1. The van der Waals surface area contributed by atoms with Gasteiger partial charge in [0.25, 0.3) is 5.91 Å². The van der Waals surface area contributed by atoms with Gasteiger partial charge in [0.2, 0.25) is 5.43 Å². The Bertz CT molecular complexity index is 1110. The maximum absolute atomic E-state index is 12.6. The number of rotatable bonds is 8. The molecule has 2 N–H and O–H groups in total. The third-order valence-electron chi connectivity index (χ3n) is 5.56. The topological polar surface area (TPSA) is 87.5 Å². The van der Waals surface area contributed by atoms with E-state index in [1.807, 2.05) is 18.3 Å². The van der Waals surface area contributed by atoms with Crippen molar-refractivity contribution in [2.24, 2.45) is 0 Å². The normalized spacial score (nSPS) is 13.0. The van der Waals surface area contributed by atoms with Gasteiger partial charge in [-0.05, 0) is 42.9 Å². The van der Waals surface area contributed by atoms with Crippen LogP contribution in [0.4, 0.5) is 0 Å². The molecule has 1 amide bonds. The van der Waals surface area contributed by atoms with Gasteiger partial charge in [0.15, 0.2) is 11.4 Å². The van der Waals surface area contributed by atoms with E-state index in [1.54, 1.807) is 4.90 Å². The van der Waals surface area contributed by atoms with Crippen LogP contribution < -0.4 is 10.9 Å². The van der Waals surface area contributed by atoms with Crippen molar-refractivity contribution in [1.82, 2.24) is 14.6 Å². The number of aryl methyl sites for hydroxylation is 1. The molecule has 160 valence electrons. The fourth-order valence-corrected chi connectivity index (χ4v) is 3.87. The molecule has 2 aromatic heterocycles. The van der Waals surface area contributed by atoms with Gasteiger partial charge in [-0.3, -0.25) is 19.2 Å². The van der Waals surface area contributed by atoms with Crippen molar-refractivity contribution in [1.29, 1.82) is 0 Å². The van der Waals surface area contributed by atoms with Crippen molar-refractivity contribution < 1.29 is 9.90 Å². The number of benzene rings is 1. The van der Waals surface area contributed by atoms with Crippen molar-refractivity contribution in [2.45, 2.75) is 32.1 Å².